The van der Waals surface area contributed by atoms with Crippen LogP contribution < -0.4 is 0 Å². The smallest absolute Gasteiger partial charge is 0.243 e. The van der Waals surface area contributed by atoms with Crippen molar-refractivity contribution in [2.45, 2.75) is 52.0 Å². The molecule has 0 atom stereocenters. The van der Waals surface area contributed by atoms with Crippen molar-refractivity contribution in [3.05, 3.63) is 47.0 Å². The highest BCUT2D eigenvalue weighted by molar-refractivity contribution is 7.89. The molecule has 0 amide bonds. The van der Waals surface area contributed by atoms with Crippen LogP contribution in [0.15, 0.2) is 29.4 Å². The molecule has 3 rings (SSSR count). The molecule has 0 N–H and O–H groups in total. The zero-order valence-corrected chi connectivity index (χ0v) is 16.3. The summed E-state index contributed by atoms with van der Waals surface area (Å²) in [6, 6.07) is 3.91. The molecular weight excluding hydrogens is 334 g/mol. The van der Waals surface area contributed by atoms with Gasteiger partial charge in [-0.1, -0.05) is 17.7 Å². The molecule has 1 aliphatic heterocycles. The number of benzene rings is 1. The van der Waals surface area contributed by atoms with Crippen molar-refractivity contribution >= 4 is 10.0 Å². The van der Waals surface area contributed by atoms with Crippen molar-refractivity contribution in [3.8, 4) is 0 Å². The van der Waals surface area contributed by atoms with Crippen LogP contribution >= 0.6 is 0 Å². The van der Waals surface area contributed by atoms with Crippen molar-refractivity contribution in [2.24, 2.45) is 5.92 Å². The number of sulfonamides is 1. The molecule has 6 heteroatoms. The standard InChI is InChI=1S/C19H27N3O2S/c1-14-11-15(2)19(16(3)12-14)25(23,24)22-8-5-18(6-9-22)13-21-10-7-20-17(21)4/h7,10-12,18H,5-6,8-9,13H2,1-4H3. The average molecular weight is 362 g/mol. The zero-order valence-electron chi connectivity index (χ0n) is 15.5. The van der Waals surface area contributed by atoms with Crippen LogP contribution in [0.1, 0.15) is 35.4 Å². The Kier molecular flexibility index (Phi) is 5.02. The van der Waals surface area contributed by atoms with E-state index in [2.05, 4.69) is 9.55 Å². The van der Waals surface area contributed by atoms with Crippen LogP contribution in [-0.4, -0.2) is 35.4 Å². The van der Waals surface area contributed by atoms with E-state index >= 15 is 0 Å². The highest BCUT2D eigenvalue weighted by Gasteiger charge is 2.31. The van der Waals surface area contributed by atoms with Crippen LogP contribution in [0.3, 0.4) is 0 Å². The number of aromatic nitrogens is 2. The Hall–Kier alpha value is -1.66. The second kappa shape index (κ2) is 6.92. The van der Waals surface area contributed by atoms with Gasteiger partial charge < -0.3 is 4.57 Å². The molecule has 5 nitrogen and oxygen atoms in total. The van der Waals surface area contributed by atoms with E-state index in [1.54, 1.807) is 4.31 Å². The summed E-state index contributed by atoms with van der Waals surface area (Å²) in [4.78, 5) is 4.75. The zero-order chi connectivity index (χ0) is 18.2. The maximum Gasteiger partial charge on any atom is 0.243 e. The first-order valence-electron chi connectivity index (χ1n) is 8.85. The van der Waals surface area contributed by atoms with Crippen molar-refractivity contribution in [1.29, 1.82) is 0 Å². The van der Waals surface area contributed by atoms with E-state index in [9.17, 15) is 8.42 Å². The second-order valence-corrected chi connectivity index (χ2v) is 9.08. The molecule has 0 saturated carbocycles. The number of imidazole rings is 1. The van der Waals surface area contributed by atoms with E-state index in [-0.39, 0.29) is 0 Å². The number of piperidine rings is 1. The van der Waals surface area contributed by atoms with Crippen LogP contribution in [0.2, 0.25) is 0 Å². The third-order valence-corrected chi connectivity index (χ3v) is 7.36. The predicted octanol–water partition coefficient (Wildman–Crippen LogP) is 3.22. The van der Waals surface area contributed by atoms with Gasteiger partial charge in [-0.05, 0) is 57.6 Å². The average Bonchev–Trinajstić information content (AvgIpc) is 2.91. The van der Waals surface area contributed by atoms with Crippen molar-refractivity contribution in [1.82, 2.24) is 13.9 Å². The van der Waals surface area contributed by atoms with Gasteiger partial charge in [-0.3, -0.25) is 0 Å². The van der Waals surface area contributed by atoms with Gasteiger partial charge in [-0.25, -0.2) is 13.4 Å². The summed E-state index contributed by atoms with van der Waals surface area (Å²) in [6.45, 7) is 9.88. The van der Waals surface area contributed by atoms with Gasteiger partial charge >= 0.3 is 0 Å². The first kappa shape index (κ1) is 18.1. The molecule has 1 aromatic carbocycles. The summed E-state index contributed by atoms with van der Waals surface area (Å²) in [5.74, 6) is 1.51. The summed E-state index contributed by atoms with van der Waals surface area (Å²) < 4.78 is 30.1. The molecule has 1 aromatic heterocycles. The van der Waals surface area contributed by atoms with Gasteiger partial charge in [0.25, 0.3) is 0 Å². The molecule has 25 heavy (non-hydrogen) atoms. The third-order valence-electron chi connectivity index (χ3n) is 5.15. The van der Waals surface area contributed by atoms with Gasteiger partial charge in [0.05, 0.1) is 4.90 Å². The van der Waals surface area contributed by atoms with Crippen LogP contribution in [0.5, 0.6) is 0 Å². The Bertz CT molecular complexity index is 840. The van der Waals surface area contributed by atoms with E-state index < -0.39 is 10.0 Å². The normalized spacial score (nSPS) is 17.1. The largest absolute Gasteiger partial charge is 0.335 e. The van der Waals surface area contributed by atoms with Crippen LogP contribution in [0, 0.1) is 33.6 Å². The minimum Gasteiger partial charge on any atom is -0.335 e. The number of hydrogen-bond donors (Lipinski definition) is 0. The Morgan fingerprint density at radius 1 is 1.08 bits per heavy atom. The fourth-order valence-corrected chi connectivity index (χ4v) is 5.79. The van der Waals surface area contributed by atoms with Crippen molar-refractivity contribution < 1.29 is 8.42 Å². The lowest BCUT2D eigenvalue weighted by molar-refractivity contribution is 0.252. The van der Waals surface area contributed by atoms with Gasteiger partial charge in [0.1, 0.15) is 5.82 Å². The fraction of sp³-hybridized carbons (Fsp3) is 0.526. The molecule has 0 spiro atoms. The van der Waals surface area contributed by atoms with E-state index in [0.29, 0.717) is 23.9 Å². The molecule has 1 saturated heterocycles. The molecule has 1 aliphatic rings. The van der Waals surface area contributed by atoms with Gasteiger partial charge in [0.15, 0.2) is 0 Å². The summed E-state index contributed by atoms with van der Waals surface area (Å²) in [6.07, 6.45) is 5.59. The lowest BCUT2D eigenvalue weighted by atomic mass is 9.98. The summed E-state index contributed by atoms with van der Waals surface area (Å²) >= 11 is 0. The molecule has 136 valence electrons. The van der Waals surface area contributed by atoms with Gasteiger partial charge in [0.2, 0.25) is 10.0 Å². The van der Waals surface area contributed by atoms with Crippen LogP contribution in [0.25, 0.3) is 0 Å². The Morgan fingerprint density at radius 3 is 2.20 bits per heavy atom. The summed E-state index contributed by atoms with van der Waals surface area (Å²) in [5, 5.41) is 0. The third kappa shape index (κ3) is 3.65. The number of aryl methyl sites for hydroxylation is 4. The SMILES string of the molecule is Cc1cc(C)c(S(=O)(=O)N2CCC(Cn3ccnc3C)CC2)c(C)c1. The molecule has 2 heterocycles. The lowest BCUT2D eigenvalue weighted by Gasteiger charge is -2.32. The maximum atomic E-state index is 13.1. The van der Waals surface area contributed by atoms with Crippen LogP contribution in [0.4, 0.5) is 0 Å². The second-order valence-electron chi connectivity index (χ2n) is 7.20. The highest BCUT2D eigenvalue weighted by Crippen LogP contribution is 2.29. The van der Waals surface area contributed by atoms with Gasteiger partial charge in [-0.15, -0.1) is 0 Å². The predicted molar refractivity (Wildman–Crippen MR) is 99.1 cm³/mol. The fourth-order valence-electron chi connectivity index (χ4n) is 3.91. The minimum absolute atomic E-state index is 0.488. The number of hydrogen-bond acceptors (Lipinski definition) is 3. The topological polar surface area (TPSA) is 55.2 Å². The monoisotopic (exact) mass is 361 g/mol. The van der Waals surface area contributed by atoms with Crippen LogP contribution in [-0.2, 0) is 16.6 Å². The minimum atomic E-state index is -3.42. The molecule has 1 fully saturated rings. The molecule has 0 radical (unpaired) electrons. The molecule has 2 aromatic rings. The number of nitrogens with zero attached hydrogens (tertiary/aromatic N) is 3. The first-order chi connectivity index (χ1) is 11.8. The van der Waals surface area contributed by atoms with E-state index in [0.717, 1.165) is 41.9 Å². The molecule has 0 bridgehead atoms. The van der Waals surface area contributed by atoms with E-state index in [1.807, 2.05) is 52.2 Å². The van der Waals surface area contributed by atoms with Crippen molar-refractivity contribution in [3.63, 3.8) is 0 Å². The van der Waals surface area contributed by atoms with E-state index in [1.165, 1.54) is 0 Å². The maximum absolute atomic E-state index is 13.1. The Labute approximate surface area is 150 Å². The summed E-state index contributed by atoms with van der Waals surface area (Å²) in [5.41, 5.74) is 2.78. The van der Waals surface area contributed by atoms with E-state index in [4.69, 9.17) is 0 Å². The number of rotatable bonds is 4. The Morgan fingerprint density at radius 2 is 1.68 bits per heavy atom. The summed E-state index contributed by atoms with van der Waals surface area (Å²) in [7, 11) is -3.42. The Balaban J connectivity index is 1.73. The lowest BCUT2D eigenvalue weighted by Crippen LogP contribution is -2.39. The quantitative estimate of drug-likeness (QED) is 0.840. The highest BCUT2D eigenvalue weighted by atomic mass is 32.2. The molecular formula is C19H27N3O2S. The van der Waals surface area contributed by atoms with Gasteiger partial charge in [0, 0.05) is 32.0 Å². The molecule has 0 unspecified atom stereocenters. The first-order valence-corrected chi connectivity index (χ1v) is 10.3. The molecule has 0 aliphatic carbocycles. The van der Waals surface area contributed by atoms with Crippen molar-refractivity contribution in [2.75, 3.05) is 13.1 Å². The van der Waals surface area contributed by atoms with Gasteiger partial charge in [-0.2, -0.15) is 4.31 Å².